The van der Waals surface area contributed by atoms with Gasteiger partial charge in [-0.15, -0.1) is 0 Å². The Morgan fingerprint density at radius 3 is 2.52 bits per heavy atom. The summed E-state index contributed by atoms with van der Waals surface area (Å²) < 4.78 is 32.1. The topological polar surface area (TPSA) is 65.8 Å². The van der Waals surface area contributed by atoms with Gasteiger partial charge >= 0.3 is 0 Å². The first-order chi connectivity index (χ1) is 10.1. The van der Waals surface area contributed by atoms with Crippen molar-refractivity contribution >= 4 is 10.0 Å². The first-order valence-corrected chi connectivity index (χ1v) is 9.04. The first-order valence-electron chi connectivity index (χ1n) is 7.59. The third-order valence-electron chi connectivity index (χ3n) is 3.65. The summed E-state index contributed by atoms with van der Waals surface area (Å²) in [5, 5.41) is 3.17. The van der Waals surface area contributed by atoms with Crippen molar-refractivity contribution in [1.29, 1.82) is 0 Å². The Morgan fingerprint density at radius 2 is 1.90 bits per heavy atom. The maximum Gasteiger partial charge on any atom is 0.276 e. The summed E-state index contributed by atoms with van der Waals surface area (Å²) in [6.07, 6.45) is 1.10. The fraction of sp³-hybridized carbons (Fsp3) is 0.714. The summed E-state index contributed by atoms with van der Waals surface area (Å²) in [6, 6.07) is 3.28. The lowest BCUT2D eigenvalue weighted by atomic mass is 10.3. The lowest BCUT2D eigenvalue weighted by Gasteiger charge is -2.33. The van der Waals surface area contributed by atoms with Gasteiger partial charge in [-0.05, 0) is 31.6 Å². The Hall–Kier alpha value is -0.890. The van der Waals surface area contributed by atoms with Crippen molar-refractivity contribution in [2.24, 2.45) is 0 Å². The summed E-state index contributed by atoms with van der Waals surface area (Å²) in [6.45, 7) is 9.18. The number of nitrogens with zero attached hydrogens (tertiary/aromatic N) is 2. The summed E-state index contributed by atoms with van der Waals surface area (Å²) in [7, 11) is -3.49. The van der Waals surface area contributed by atoms with Crippen LogP contribution in [0.3, 0.4) is 0 Å². The maximum atomic E-state index is 12.5. The van der Waals surface area contributed by atoms with E-state index in [2.05, 4.69) is 17.1 Å². The predicted octanol–water partition coefficient (Wildman–Crippen LogP) is 1.11. The standard InChI is InChI=1S/C14H25N3O3S/c1-3-7-16-8-10-17(11-9-16)21(18,19)14-6-5-13(20-14)12-15-4-2/h5-6,15H,3-4,7-12H2,1-2H3. The zero-order valence-electron chi connectivity index (χ0n) is 12.8. The van der Waals surface area contributed by atoms with Crippen molar-refractivity contribution in [1.82, 2.24) is 14.5 Å². The van der Waals surface area contributed by atoms with E-state index in [1.165, 1.54) is 4.31 Å². The highest BCUT2D eigenvalue weighted by molar-refractivity contribution is 7.89. The van der Waals surface area contributed by atoms with Crippen LogP contribution in [0, 0.1) is 0 Å². The molecule has 0 bridgehead atoms. The average molecular weight is 315 g/mol. The highest BCUT2D eigenvalue weighted by Gasteiger charge is 2.30. The lowest BCUT2D eigenvalue weighted by Crippen LogP contribution is -2.48. The van der Waals surface area contributed by atoms with Gasteiger partial charge in [-0.2, -0.15) is 4.31 Å². The van der Waals surface area contributed by atoms with E-state index in [9.17, 15) is 8.42 Å². The van der Waals surface area contributed by atoms with Crippen LogP contribution in [-0.4, -0.2) is 56.9 Å². The number of furan rings is 1. The van der Waals surface area contributed by atoms with Gasteiger partial charge in [-0.1, -0.05) is 13.8 Å². The van der Waals surface area contributed by atoms with Crippen molar-refractivity contribution in [2.75, 3.05) is 39.3 Å². The molecule has 120 valence electrons. The Labute approximate surface area is 127 Å². The first kappa shape index (κ1) is 16.5. The summed E-state index contributed by atoms with van der Waals surface area (Å²) in [4.78, 5) is 2.30. The van der Waals surface area contributed by atoms with Gasteiger partial charge in [0.25, 0.3) is 10.0 Å². The molecule has 0 radical (unpaired) electrons. The van der Waals surface area contributed by atoms with Crippen LogP contribution in [0.1, 0.15) is 26.0 Å². The molecule has 1 fully saturated rings. The van der Waals surface area contributed by atoms with Crippen LogP contribution in [0.4, 0.5) is 0 Å². The Kier molecular flexibility index (Phi) is 5.80. The van der Waals surface area contributed by atoms with Crippen LogP contribution in [0.25, 0.3) is 0 Å². The molecule has 0 atom stereocenters. The number of piperazine rings is 1. The molecule has 1 aliphatic rings. The number of nitrogens with one attached hydrogen (secondary N) is 1. The highest BCUT2D eigenvalue weighted by atomic mass is 32.2. The molecule has 2 rings (SSSR count). The molecule has 0 saturated carbocycles. The van der Waals surface area contributed by atoms with Crippen LogP contribution in [0.2, 0.25) is 0 Å². The molecule has 7 heteroatoms. The molecule has 21 heavy (non-hydrogen) atoms. The summed E-state index contributed by atoms with van der Waals surface area (Å²) in [5.74, 6) is 0.653. The van der Waals surface area contributed by atoms with Gasteiger partial charge in [-0.3, -0.25) is 0 Å². The van der Waals surface area contributed by atoms with Crippen LogP contribution < -0.4 is 5.32 Å². The van der Waals surface area contributed by atoms with Crippen LogP contribution in [-0.2, 0) is 16.6 Å². The van der Waals surface area contributed by atoms with Crippen LogP contribution in [0.5, 0.6) is 0 Å². The molecular formula is C14H25N3O3S. The summed E-state index contributed by atoms with van der Waals surface area (Å²) in [5.41, 5.74) is 0. The fourth-order valence-electron chi connectivity index (χ4n) is 2.48. The van der Waals surface area contributed by atoms with Crippen molar-refractivity contribution in [2.45, 2.75) is 31.9 Å². The van der Waals surface area contributed by atoms with E-state index >= 15 is 0 Å². The zero-order chi connectivity index (χ0) is 15.3. The van der Waals surface area contributed by atoms with Crippen LogP contribution in [0.15, 0.2) is 21.6 Å². The van der Waals surface area contributed by atoms with E-state index in [1.54, 1.807) is 12.1 Å². The van der Waals surface area contributed by atoms with Crippen molar-refractivity contribution in [3.8, 4) is 0 Å². The molecule has 1 aromatic rings. The maximum absolute atomic E-state index is 12.5. The highest BCUT2D eigenvalue weighted by Crippen LogP contribution is 2.20. The molecule has 1 N–H and O–H groups in total. The second-order valence-electron chi connectivity index (χ2n) is 5.25. The minimum absolute atomic E-state index is 0.0549. The normalized spacial score (nSPS) is 18.2. The van der Waals surface area contributed by atoms with E-state index < -0.39 is 10.0 Å². The average Bonchev–Trinajstić information content (AvgIpc) is 2.96. The van der Waals surface area contributed by atoms with E-state index in [-0.39, 0.29) is 5.09 Å². The third-order valence-corrected chi connectivity index (χ3v) is 5.42. The van der Waals surface area contributed by atoms with E-state index in [0.29, 0.717) is 25.4 Å². The third kappa shape index (κ3) is 4.06. The Morgan fingerprint density at radius 1 is 1.19 bits per heavy atom. The summed E-state index contributed by atoms with van der Waals surface area (Å²) >= 11 is 0. The number of sulfonamides is 1. The number of rotatable bonds is 7. The van der Waals surface area contributed by atoms with Crippen molar-refractivity contribution < 1.29 is 12.8 Å². The minimum atomic E-state index is -3.49. The predicted molar refractivity (Wildman–Crippen MR) is 81.6 cm³/mol. The van der Waals surface area contributed by atoms with Gasteiger partial charge in [0.1, 0.15) is 5.76 Å². The van der Waals surface area contributed by atoms with Gasteiger partial charge in [0.15, 0.2) is 0 Å². The van der Waals surface area contributed by atoms with Crippen molar-refractivity contribution in [3.63, 3.8) is 0 Å². The van der Waals surface area contributed by atoms with E-state index in [4.69, 9.17) is 4.42 Å². The second kappa shape index (κ2) is 7.40. The molecule has 0 unspecified atom stereocenters. The zero-order valence-corrected chi connectivity index (χ0v) is 13.7. The van der Waals surface area contributed by atoms with E-state index in [0.717, 1.165) is 32.6 Å². The second-order valence-corrected chi connectivity index (χ2v) is 7.12. The molecule has 0 aromatic carbocycles. The largest absolute Gasteiger partial charge is 0.447 e. The number of hydrogen-bond donors (Lipinski definition) is 1. The van der Waals surface area contributed by atoms with Gasteiger partial charge in [0.05, 0.1) is 6.54 Å². The molecule has 1 saturated heterocycles. The molecule has 0 spiro atoms. The Bertz CT molecular complexity index is 533. The van der Waals surface area contributed by atoms with Crippen LogP contribution >= 0.6 is 0 Å². The molecule has 1 aromatic heterocycles. The van der Waals surface area contributed by atoms with Gasteiger partial charge in [-0.25, -0.2) is 8.42 Å². The minimum Gasteiger partial charge on any atom is -0.447 e. The van der Waals surface area contributed by atoms with Gasteiger partial charge in [0.2, 0.25) is 5.09 Å². The molecule has 1 aliphatic heterocycles. The SMILES string of the molecule is CCCN1CCN(S(=O)(=O)c2ccc(CNCC)o2)CC1. The lowest BCUT2D eigenvalue weighted by molar-refractivity contribution is 0.186. The molecule has 0 amide bonds. The molecule has 2 heterocycles. The van der Waals surface area contributed by atoms with Gasteiger partial charge < -0.3 is 14.6 Å². The monoisotopic (exact) mass is 315 g/mol. The quantitative estimate of drug-likeness (QED) is 0.816. The number of hydrogen-bond acceptors (Lipinski definition) is 5. The van der Waals surface area contributed by atoms with Gasteiger partial charge in [0, 0.05) is 26.2 Å². The Balaban J connectivity index is 2.00. The molecule has 6 nitrogen and oxygen atoms in total. The fourth-order valence-corrected chi connectivity index (χ4v) is 3.83. The molecular weight excluding hydrogens is 290 g/mol. The van der Waals surface area contributed by atoms with E-state index in [1.807, 2.05) is 6.92 Å². The molecule has 0 aliphatic carbocycles. The van der Waals surface area contributed by atoms with Crippen molar-refractivity contribution in [3.05, 3.63) is 17.9 Å². The smallest absolute Gasteiger partial charge is 0.276 e.